The third-order valence-corrected chi connectivity index (χ3v) is 8.12. The van der Waals surface area contributed by atoms with Crippen molar-refractivity contribution in [2.45, 2.75) is 62.7 Å². The molecule has 0 spiro atoms. The Morgan fingerprint density at radius 2 is 1.68 bits per heavy atom. The zero-order valence-corrected chi connectivity index (χ0v) is 30.7. The molecule has 2 aromatic rings. The van der Waals surface area contributed by atoms with E-state index in [9.17, 15) is 23.8 Å². The average Bonchev–Trinajstić information content (AvgIpc) is 2.87. The second-order valence-corrected chi connectivity index (χ2v) is 10.9. The second kappa shape index (κ2) is 15.9. The minimum absolute atomic E-state index is 0. The van der Waals surface area contributed by atoms with Gasteiger partial charge in [0.05, 0.1) is 16.7 Å². The van der Waals surface area contributed by atoms with Gasteiger partial charge in [-0.05, 0) is 36.1 Å². The summed E-state index contributed by atoms with van der Waals surface area (Å²) in [4.78, 5) is 25.0. The predicted molar refractivity (Wildman–Crippen MR) is 139 cm³/mol. The number of amidine groups is 1. The molecule has 0 atom stereocenters. The molecule has 1 aliphatic carbocycles. The van der Waals surface area contributed by atoms with Crippen LogP contribution < -0.4 is 110 Å². The maximum Gasteiger partial charge on any atom is 1.00 e. The quantitative estimate of drug-likeness (QED) is 0.260. The third kappa shape index (κ3) is 7.59. The van der Waals surface area contributed by atoms with Crippen LogP contribution in [0.15, 0.2) is 57.3 Å². The molecular weight excluding hydrogens is 563 g/mol. The number of carbonyl (C=O) groups excluding carboxylic acids is 2. The van der Waals surface area contributed by atoms with E-state index in [0.29, 0.717) is 24.0 Å². The van der Waals surface area contributed by atoms with Crippen molar-refractivity contribution in [2.75, 3.05) is 11.9 Å². The molecule has 0 saturated heterocycles. The molecule has 2 aliphatic rings. The fourth-order valence-electron chi connectivity index (χ4n) is 4.98. The van der Waals surface area contributed by atoms with Crippen LogP contribution >= 0.6 is 10.8 Å². The summed E-state index contributed by atoms with van der Waals surface area (Å²) >= 11 is 0. The topological polar surface area (TPSA) is 163 Å². The van der Waals surface area contributed by atoms with Crippen LogP contribution in [0.25, 0.3) is 5.76 Å². The zero-order valence-electron chi connectivity index (χ0n) is 23.9. The van der Waals surface area contributed by atoms with Crippen LogP contribution in [-0.4, -0.2) is 33.2 Å². The number of fused-ring (bicyclic) bond motifs is 2. The van der Waals surface area contributed by atoms with E-state index in [1.165, 1.54) is 18.2 Å². The first-order chi connectivity index (χ1) is 17.6. The van der Waals surface area contributed by atoms with E-state index in [1.807, 2.05) is 26.0 Å². The van der Waals surface area contributed by atoms with Crippen molar-refractivity contribution < 1.29 is 117 Å². The Hall–Kier alpha value is -0.340. The molecule has 0 unspecified atom stereocenters. The van der Waals surface area contributed by atoms with Gasteiger partial charge in [0, 0.05) is 11.0 Å². The minimum atomic E-state index is -4.29. The van der Waals surface area contributed by atoms with Crippen LogP contribution in [0.1, 0.15) is 63.5 Å². The number of ketones is 1. The van der Waals surface area contributed by atoms with E-state index >= 15 is 0 Å². The van der Waals surface area contributed by atoms with Crippen molar-refractivity contribution in [3.8, 4) is 5.75 Å². The molecule has 2 aromatic carbocycles. The Morgan fingerprint density at radius 1 is 1.05 bits per heavy atom. The number of amides is 1. The molecule has 3 N–H and O–H groups in total. The number of hydrogen-bond donors (Lipinski definition) is 2. The first-order valence-corrected chi connectivity index (χ1v) is 13.8. The largest absolute Gasteiger partial charge is 1.00 e. The normalized spacial score (nSPS) is 16.9. The van der Waals surface area contributed by atoms with Crippen LogP contribution in [-0.2, 0) is 15.0 Å². The summed E-state index contributed by atoms with van der Waals surface area (Å²) in [6.45, 7) is 3.67. The molecule has 0 saturated carbocycles. The molecule has 198 valence electrons. The van der Waals surface area contributed by atoms with E-state index in [2.05, 4.69) is 9.71 Å². The molecule has 1 aliphatic heterocycles. The Morgan fingerprint density at radius 3 is 2.27 bits per heavy atom. The van der Waals surface area contributed by atoms with E-state index in [1.54, 1.807) is 12.1 Å². The summed E-state index contributed by atoms with van der Waals surface area (Å²) in [7, 11) is -4.29. The number of sulfonamides is 1. The van der Waals surface area contributed by atoms with Crippen LogP contribution in [0.4, 0.5) is 5.69 Å². The first kappa shape index (κ1) is 37.7. The molecule has 40 heavy (non-hydrogen) atoms. The first-order valence-electron chi connectivity index (χ1n) is 12.4. The van der Waals surface area contributed by atoms with Gasteiger partial charge in [0.15, 0.2) is 18.2 Å². The standard InChI is InChI=1S/C27H33N3O6S.3Na/c1-3-5-13-27(14-6-4-2)19-10-8-7-9-18(19)24(32)23(25(27)33)26-29-20-12-11-17(36-16-22(28)31)15-21(20)37(34,35)30-26;;;/h7-12,15,32,34-35H,3-6,13-14,16H2,1-2H3,(H2,28,31)(H,29,30);;;/q;3*+1/p-3. The van der Waals surface area contributed by atoms with Gasteiger partial charge in [0.25, 0.3) is 5.91 Å². The van der Waals surface area contributed by atoms with Gasteiger partial charge in [-0.15, -0.1) is 0 Å². The number of anilines is 1. The van der Waals surface area contributed by atoms with Crippen molar-refractivity contribution in [1.82, 2.24) is 0 Å². The zero-order chi connectivity index (χ0) is 26.8. The molecular formula is C27H30N3Na3O6S. The summed E-state index contributed by atoms with van der Waals surface area (Å²) in [5.41, 5.74) is 5.16. The van der Waals surface area contributed by atoms with E-state index in [4.69, 9.17) is 10.5 Å². The maximum absolute atomic E-state index is 14.2. The van der Waals surface area contributed by atoms with Crippen LogP contribution in [0.3, 0.4) is 0 Å². The number of primary amides is 1. The number of unbranched alkanes of at least 4 members (excludes halogenated alkanes) is 2. The Kier molecular flexibility index (Phi) is 15.0. The van der Waals surface area contributed by atoms with Crippen molar-refractivity contribution in [2.24, 2.45) is 10.1 Å². The summed E-state index contributed by atoms with van der Waals surface area (Å²) < 4.78 is 35.4. The van der Waals surface area contributed by atoms with E-state index < -0.39 is 40.2 Å². The Bertz CT molecular complexity index is 1290. The smallest absolute Gasteiger partial charge is 0.871 e. The average molecular weight is 594 g/mol. The number of hydrogen-bond acceptors (Lipinski definition) is 8. The number of ether oxygens (including phenoxy) is 1. The predicted octanol–water partition coefficient (Wildman–Crippen LogP) is -5.30. The van der Waals surface area contributed by atoms with Gasteiger partial charge >= 0.3 is 88.7 Å². The van der Waals surface area contributed by atoms with Gasteiger partial charge < -0.3 is 40.8 Å². The molecule has 0 fully saturated rings. The summed E-state index contributed by atoms with van der Waals surface area (Å²) in [5, 5.41) is 16.6. The van der Waals surface area contributed by atoms with Gasteiger partial charge in [-0.1, -0.05) is 69.6 Å². The van der Waals surface area contributed by atoms with Gasteiger partial charge in [-0.3, -0.25) is 9.59 Å². The second-order valence-electron chi connectivity index (χ2n) is 9.32. The van der Waals surface area contributed by atoms with Crippen molar-refractivity contribution in [3.63, 3.8) is 0 Å². The SMILES string of the molecule is CCCCC1(CCCC)C(=O)C(C2=NS([O-])([O-])c3cc(OCC(N)=O)ccc3N2)=C([O-])c2ccccc21.[Na+].[Na+].[Na+]. The molecule has 0 bridgehead atoms. The molecule has 9 nitrogen and oxygen atoms in total. The molecule has 13 heteroatoms. The number of nitrogens with zero attached hydrogens (tertiary/aromatic N) is 1. The summed E-state index contributed by atoms with van der Waals surface area (Å²) in [6, 6.07) is 11.2. The van der Waals surface area contributed by atoms with Crippen molar-refractivity contribution >= 4 is 39.7 Å². The Balaban J connectivity index is 0.00000267. The van der Waals surface area contributed by atoms with Gasteiger partial charge in [0.1, 0.15) is 5.75 Å². The van der Waals surface area contributed by atoms with E-state index in [-0.39, 0.29) is 116 Å². The summed E-state index contributed by atoms with van der Waals surface area (Å²) in [6.07, 6.45) is 4.39. The fourth-order valence-corrected chi connectivity index (χ4v) is 6.12. The Labute approximate surface area is 303 Å². The fraction of sp³-hybridized carbons (Fsp3) is 0.370. The van der Waals surface area contributed by atoms with Crippen molar-refractivity contribution in [3.05, 3.63) is 59.2 Å². The molecule has 0 aromatic heterocycles. The minimum Gasteiger partial charge on any atom is -0.871 e. The molecule has 1 heterocycles. The van der Waals surface area contributed by atoms with E-state index in [0.717, 1.165) is 25.7 Å². The van der Waals surface area contributed by atoms with Crippen LogP contribution in [0.5, 0.6) is 5.75 Å². The summed E-state index contributed by atoms with van der Waals surface area (Å²) in [5.74, 6) is -1.81. The number of carbonyl (C=O) groups is 2. The molecule has 4 rings (SSSR count). The van der Waals surface area contributed by atoms with Gasteiger partial charge in [-0.2, -0.15) is 0 Å². The number of benzene rings is 2. The number of nitrogens with one attached hydrogen (secondary N) is 1. The van der Waals surface area contributed by atoms with Crippen LogP contribution in [0.2, 0.25) is 0 Å². The van der Waals surface area contributed by atoms with Gasteiger partial charge in [-0.25, -0.2) is 4.40 Å². The number of nitrogens with two attached hydrogens (primary N) is 1. The molecule has 0 radical (unpaired) electrons. The van der Waals surface area contributed by atoms with Crippen LogP contribution in [0, 0.1) is 0 Å². The van der Waals surface area contributed by atoms with Crippen molar-refractivity contribution in [1.29, 1.82) is 0 Å². The maximum atomic E-state index is 14.2. The number of Topliss-reactive ketones (excluding diaryl/α,β-unsaturated/α-hetero) is 1. The monoisotopic (exact) mass is 593 g/mol. The van der Waals surface area contributed by atoms with Gasteiger partial charge in [0.2, 0.25) is 0 Å². The third-order valence-electron chi connectivity index (χ3n) is 6.80. The number of rotatable bonds is 10. The molecule has 1 amide bonds.